The van der Waals surface area contributed by atoms with Gasteiger partial charge in [0, 0.05) is 24.5 Å². The molecule has 2 aromatic carbocycles. The minimum Gasteiger partial charge on any atom is -0.298 e. The van der Waals surface area contributed by atoms with Crippen LogP contribution in [0.1, 0.15) is 21.6 Å². The Bertz CT molecular complexity index is 1440. The fraction of sp³-hybridized carbons (Fsp3) is 0.250. The average Bonchev–Trinajstić information content (AvgIpc) is 3.18. The standard InChI is InChI=1S/C24H23N3O3S2/c1-17-7-9-19(10-8-17)32(29,30)27-14-12-20-21(15-27)31-23-22(20)24(28)26(16-25-23)13-11-18-5-3-2-4-6-18/h2-10,16H,11-15H2,1H3. The molecular weight excluding hydrogens is 442 g/mol. The molecule has 0 fully saturated rings. The fourth-order valence-corrected chi connectivity index (χ4v) is 6.80. The van der Waals surface area contributed by atoms with Crippen molar-refractivity contribution in [1.82, 2.24) is 13.9 Å². The highest BCUT2D eigenvalue weighted by Gasteiger charge is 2.31. The highest BCUT2D eigenvalue weighted by Crippen LogP contribution is 2.34. The van der Waals surface area contributed by atoms with Crippen molar-refractivity contribution in [3.63, 3.8) is 0 Å². The van der Waals surface area contributed by atoms with Crippen LogP contribution in [0.2, 0.25) is 0 Å². The molecule has 0 bridgehead atoms. The van der Waals surface area contributed by atoms with Gasteiger partial charge in [0.1, 0.15) is 4.83 Å². The molecule has 0 radical (unpaired) electrons. The zero-order valence-corrected chi connectivity index (χ0v) is 19.3. The lowest BCUT2D eigenvalue weighted by atomic mass is 10.1. The molecule has 8 heteroatoms. The molecule has 0 amide bonds. The molecule has 0 saturated heterocycles. The summed E-state index contributed by atoms with van der Waals surface area (Å²) < 4.78 is 29.4. The first-order chi connectivity index (χ1) is 15.4. The second kappa shape index (κ2) is 8.27. The summed E-state index contributed by atoms with van der Waals surface area (Å²) in [6, 6.07) is 17.0. The van der Waals surface area contributed by atoms with Crippen molar-refractivity contribution in [2.45, 2.75) is 37.8 Å². The number of rotatable bonds is 5. The van der Waals surface area contributed by atoms with Crippen LogP contribution in [0.4, 0.5) is 0 Å². The number of nitrogens with zero attached hydrogens (tertiary/aromatic N) is 3. The minimum atomic E-state index is -3.58. The second-order valence-corrected chi connectivity index (χ2v) is 11.1. The lowest BCUT2D eigenvalue weighted by Crippen LogP contribution is -2.35. The largest absolute Gasteiger partial charge is 0.298 e. The van der Waals surface area contributed by atoms with Crippen LogP contribution in [-0.2, 0) is 36.0 Å². The summed E-state index contributed by atoms with van der Waals surface area (Å²) in [5.74, 6) is 0. The van der Waals surface area contributed by atoms with Crippen molar-refractivity contribution in [2.75, 3.05) is 6.54 Å². The van der Waals surface area contributed by atoms with Gasteiger partial charge in [-0.15, -0.1) is 11.3 Å². The van der Waals surface area contributed by atoms with E-state index in [4.69, 9.17) is 0 Å². The second-order valence-electron chi connectivity index (χ2n) is 8.06. The number of benzene rings is 2. The number of sulfonamides is 1. The van der Waals surface area contributed by atoms with Crippen LogP contribution in [0.15, 0.2) is 70.6 Å². The Morgan fingerprint density at radius 1 is 1.06 bits per heavy atom. The molecule has 2 aromatic heterocycles. The first-order valence-corrected chi connectivity index (χ1v) is 12.8. The molecule has 0 spiro atoms. The van der Waals surface area contributed by atoms with Gasteiger partial charge in [-0.3, -0.25) is 9.36 Å². The molecule has 32 heavy (non-hydrogen) atoms. The predicted molar refractivity (Wildman–Crippen MR) is 127 cm³/mol. The van der Waals surface area contributed by atoms with Crippen molar-refractivity contribution < 1.29 is 8.42 Å². The smallest absolute Gasteiger partial charge is 0.262 e. The summed E-state index contributed by atoms with van der Waals surface area (Å²) in [6.07, 6.45) is 2.87. The summed E-state index contributed by atoms with van der Waals surface area (Å²) in [5.41, 5.74) is 3.10. The molecule has 5 rings (SSSR count). The molecule has 1 aliphatic rings. The molecule has 0 atom stereocenters. The van der Waals surface area contributed by atoms with E-state index < -0.39 is 10.0 Å². The molecule has 0 saturated carbocycles. The normalized spacial score (nSPS) is 14.5. The number of aromatic nitrogens is 2. The maximum absolute atomic E-state index is 13.2. The molecule has 0 aliphatic carbocycles. The monoisotopic (exact) mass is 465 g/mol. The van der Waals surface area contributed by atoms with Crippen molar-refractivity contribution in [3.05, 3.63) is 92.8 Å². The third-order valence-electron chi connectivity index (χ3n) is 5.94. The highest BCUT2D eigenvalue weighted by atomic mass is 32.2. The summed E-state index contributed by atoms with van der Waals surface area (Å²) in [4.78, 5) is 19.6. The van der Waals surface area contributed by atoms with Crippen LogP contribution in [0.25, 0.3) is 10.2 Å². The molecule has 3 heterocycles. The van der Waals surface area contributed by atoms with E-state index in [1.807, 2.05) is 49.4 Å². The van der Waals surface area contributed by atoms with Gasteiger partial charge in [-0.2, -0.15) is 4.31 Å². The zero-order valence-electron chi connectivity index (χ0n) is 17.7. The first kappa shape index (κ1) is 21.1. The molecule has 164 valence electrons. The molecule has 4 aromatic rings. The Hall–Kier alpha value is -2.81. The van der Waals surface area contributed by atoms with Crippen LogP contribution in [0, 0.1) is 6.92 Å². The van der Waals surface area contributed by atoms with Crippen molar-refractivity contribution in [2.24, 2.45) is 0 Å². The van der Waals surface area contributed by atoms with Gasteiger partial charge < -0.3 is 0 Å². The molecule has 1 aliphatic heterocycles. The van der Waals surface area contributed by atoms with Crippen LogP contribution >= 0.6 is 11.3 Å². The Morgan fingerprint density at radius 2 is 1.81 bits per heavy atom. The molecular formula is C24H23N3O3S2. The summed E-state index contributed by atoms with van der Waals surface area (Å²) in [7, 11) is -3.58. The van der Waals surface area contributed by atoms with Gasteiger partial charge in [0.15, 0.2) is 0 Å². The van der Waals surface area contributed by atoms with Gasteiger partial charge in [-0.1, -0.05) is 48.0 Å². The van der Waals surface area contributed by atoms with Crippen LogP contribution in [-0.4, -0.2) is 28.8 Å². The average molecular weight is 466 g/mol. The van der Waals surface area contributed by atoms with Crippen molar-refractivity contribution >= 4 is 31.6 Å². The third kappa shape index (κ3) is 3.79. The minimum absolute atomic E-state index is 0.0433. The number of fused-ring (bicyclic) bond motifs is 3. The maximum atomic E-state index is 13.2. The van der Waals surface area contributed by atoms with E-state index in [0.29, 0.717) is 34.6 Å². The van der Waals surface area contributed by atoms with E-state index in [1.54, 1.807) is 23.0 Å². The zero-order chi connectivity index (χ0) is 22.3. The van der Waals surface area contributed by atoms with Gasteiger partial charge in [-0.05, 0) is 43.0 Å². The fourth-order valence-electron chi connectivity index (χ4n) is 4.11. The van der Waals surface area contributed by atoms with E-state index in [-0.39, 0.29) is 12.1 Å². The Balaban J connectivity index is 1.44. The molecule has 0 unspecified atom stereocenters. The Labute approximate surface area is 190 Å². The van der Waals surface area contributed by atoms with Crippen LogP contribution in [0.5, 0.6) is 0 Å². The van der Waals surface area contributed by atoms with Crippen molar-refractivity contribution in [1.29, 1.82) is 0 Å². The quantitative estimate of drug-likeness (QED) is 0.450. The van der Waals surface area contributed by atoms with Gasteiger partial charge in [-0.25, -0.2) is 13.4 Å². The molecule has 6 nitrogen and oxygen atoms in total. The Morgan fingerprint density at radius 3 is 2.56 bits per heavy atom. The van der Waals surface area contributed by atoms with Gasteiger partial charge in [0.25, 0.3) is 5.56 Å². The lowest BCUT2D eigenvalue weighted by molar-refractivity contribution is 0.396. The van der Waals surface area contributed by atoms with E-state index in [9.17, 15) is 13.2 Å². The SMILES string of the molecule is Cc1ccc(S(=O)(=O)N2CCc3c(sc4ncn(CCc5ccccc5)c(=O)c34)C2)cc1. The van der Waals surface area contributed by atoms with Gasteiger partial charge in [0.05, 0.1) is 16.6 Å². The van der Waals surface area contributed by atoms with E-state index >= 15 is 0 Å². The van der Waals surface area contributed by atoms with Crippen LogP contribution < -0.4 is 5.56 Å². The summed E-state index contributed by atoms with van der Waals surface area (Å²) in [5, 5.41) is 0.646. The van der Waals surface area contributed by atoms with E-state index in [1.165, 1.54) is 21.2 Å². The summed E-state index contributed by atoms with van der Waals surface area (Å²) >= 11 is 1.42. The Kier molecular flexibility index (Phi) is 5.44. The van der Waals surface area contributed by atoms with Crippen molar-refractivity contribution in [3.8, 4) is 0 Å². The van der Waals surface area contributed by atoms with E-state index in [2.05, 4.69) is 4.98 Å². The van der Waals surface area contributed by atoms with E-state index in [0.717, 1.165) is 22.4 Å². The predicted octanol–water partition coefficient (Wildman–Crippen LogP) is 3.76. The highest BCUT2D eigenvalue weighted by molar-refractivity contribution is 7.89. The van der Waals surface area contributed by atoms with Crippen LogP contribution in [0.3, 0.4) is 0 Å². The first-order valence-electron chi connectivity index (χ1n) is 10.5. The molecule has 0 N–H and O–H groups in total. The third-order valence-corrected chi connectivity index (χ3v) is 8.92. The summed E-state index contributed by atoms with van der Waals surface area (Å²) in [6.45, 7) is 3.12. The van der Waals surface area contributed by atoms with Gasteiger partial charge >= 0.3 is 0 Å². The number of thiophene rings is 1. The number of hydrogen-bond acceptors (Lipinski definition) is 5. The topological polar surface area (TPSA) is 72.3 Å². The van der Waals surface area contributed by atoms with Gasteiger partial charge in [0.2, 0.25) is 10.0 Å². The lowest BCUT2D eigenvalue weighted by Gasteiger charge is -2.26. The maximum Gasteiger partial charge on any atom is 0.262 e. The number of hydrogen-bond donors (Lipinski definition) is 0. The number of aryl methyl sites for hydroxylation is 3.